The highest BCUT2D eigenvalue weighted by molar-refractivity contribution is 5.83. The number of amides is 1. The lowest BCUT2D eigenvalue weighted by Crippen LogP contribution is -2.42. The van der Waals surface area contributed by atoms with E-state index in [2.05, 4.69) is 6.92 Å². The fourth-order valence-corrected chi connectivity index (χ4v) is 2.79. The van der Waals surface area contributed by atoms with Crippen LogP contribution >= 0.6 is 0 Å². The van der Waals surface area contributed by atoms with Crippen molar-refractivity contribution in [2.24, 2.45) is 5.92 Å². The van der Waals surface area contributed by atoms with E-state index in [1.165, 1.54) is 11.1 Å². The number of ether oxygens (including phenoxy) is 1. The van der Waals surface area contributed by atoms with Crippen molar-refractivity contribution in [1.29, 1.82) is 0 Å². The Labute approximate surface area is 114 Å². The van der Waals surface area contributed by atoms with E-state index in [0.717, 1.165) is 6.42 Å². The summed E-state index contributed by atoms with van der Waals surface area (Å²) >= 11 is 0. The molecule has 2 rings (SSSR count). The molecule has 1 heterocycles. The molecule has 0 unspecified atom stereocenters. The van der Waals surface area contributed by atoms with Gasteiger partial charge >= 0.3 is 6.09 Å². The van der Waals surface area contributed by atoms with Crippen LogP contribution in [0, 0.1) is 5.92 Å². The van der Waals surface area contributed by atoms with Crippen LogP contribution in [0.2, 0.25) is 0 Å². The van der Waals surface area contributed by atoms with Gasteiger partial charge in [0.05, 0.1) is 0 Å². The van der Waals surface area contributed by atoms with Crippen LogP contribution in [0.3, 0.4) is 0 Å². The van der Waals surface area contributed by atoms with Crippen LogP contribution in [0.4, 0.5) is 4.79 Å². The highest BCUT2D eigenvalue weighted by atomic mass is 16.6. The minimum atomic E-state index is -0.458. The van der Waals surface area contributed by atoms with E-state index in [4.69, 9.17) is 4.74 Å². The second-order valence-electron chi connectivity index (χ2n) is 6.60. The van der Waals surface area contributed by atoms with Gasteiger partial charge in [-0.25, -0.2) is 4.79 Å². The molecule has 0 bridgehead atoms. The van der Waals surface area contributed by atoms with Crippen molar-refractivity contribution in [3.8, 4) is 0 Å². The molecule has 2 aliphatic rings. The van der Waals surface area contributed by atoms with Gasteiger partial charge in [-0.05, 0) is 38.7 Å². The molecule has 1 amide bonds. The molecule has 0 spiro atoms. The number of rotatable bonds is 0. The Morgan fingerprint density at radius 3 is 2.68 bits per heavy atom. The van der Waals surface area contributed by atoms with E-state index in [0.29, 0.717) is 31.7 Å². The van der Waals surface area contributed by atoms with Crippen molar-refractivity contribution in [3.05, 3.63) is 11.1 Å². The molecule has 4 nitrogen and oxygen atoms in total. The summed E-state index contributed by atoms with van der Waals surface area (Å²) in [7, 11) is 0. The summed E-state index contributed by atoms with van der Waals surface area (Å²) in [4.78, 5) is 25.4. The van der Waals surface area contributed by atoms with Crippen LogP contribution in [0.15, 0.2) is 11.1 Å². The van der Waals surface area contributed by atoms with E-state index in [1.807, 2.05) is 20.8 Å². The Bertz CT molecular complexity index is 431. The molecule has 106 valence electrons. The fraction of sp³-hybridized carbons (Fsp3) is 0.733. The number of ketones is 1. The number of hydrogen-bond acceptors (Lipinski definition) is 3. The molecular weight excluding hydrogens is 242 g/mol. The molecule has 4 heteroatoms. The van der Waals surface area contributed by atoms with Gasteiger partial charge in [0.25, 0.3) is 0 Å². The predicted molar refractivity (Wildman–Crippen MR) is 72.9 cm³/mol. The van der Waals surface area contributed by atoms with Crippen LogP contribution in [0.1, 0.15) is 47.0 Å². The van der Waals surface area contributed by atoms with Gasteiger partial charge in [0.1, 0.15) is 11.4 Å². The lowest BCUT2D eigenvalue weighted by Gasteiger charge is -2.36. The molecule has 1 aliphatic heterocycles. The zero-order valence-electron chi connectivity index (χ0n) is 12.3. The lowest BCUT2D eigenvalue weighted by atomic mass is 9.80. The Morgan fingerprint density at radius 2 is 2.05 bits per heavy atom. The predicted octanol–water partition coefficient (Wildman–Crippen LogP) is 2.92. The minimum absolute atomic E-state index is 0.247. The Kier molecular flexibility index (Phi) is 3.70. The first-order valence-corrected chi connectivity index (χ1v) is 6.96. The molecule has 0 aromatic heterocycles. The Balaban J connectivity index is 2.07. The zero-order valence-corrected chi connectivity index (χ0v) is 12.3. The molecule has 0 N–H and O–H groups in total. The zero-order chi connectivity index (χ0) is 14.2. The molecule has 0 fully saturated rings. The summed E-state index contributed by atoms with van der Waals surface area (Å²) in [5.74, 6) is 0.596. The van der Waals surface area contributed by atoms with Gasteiger partial charge in [-0.15, -0.1) is 0 Å². The van der Waals surface area contributed by atoms with Crippen molar-refractivity contribution in [2.45, 2.75) is 52.6 Å². The van der Waals surface area contributed by atoms with Crippen molar-refractivity contribution in [2.75, 3.05) is 13.1 Å². The normalized spacial score (nSPS) is 24.3. The van der Waals surface area contributed by atoms with Crippen LogP contribution in [0.5, 0.6) is 0 Å². The topological polar surface area (TPSA) is 46.6 Å². The van der Waals surface area contributed by atoms with Gasteiger partial charge < -0.3 is 9.64 Å². The third kappa shape index (κ3) is 3.37. The number of hydrogen-bond donors (Lipinski definition) is 0. The summed E-state index contributed by atoms with van der Waals surface area (Å²) in [6.07, 6.45) is 1.76. The van der Waals surface area contributed by atoms with Gasteiger partial charge in [0, 0.05) is 25.9 Å². The lowest BCUT2D eigenvalue weighted by molar-refractivity contribution is -0.119. The smallest absolute Gasteiger partial charge is 0.410 e. The maximum Gasteiger partial charge on any atom is 0.410 e. The third-order valence-corrected chi connectivity index (χ3v) is 3.69. The molecular formula is C15H23NO3. The van der Waals surface area contributed by atoms with Gasteiger partial charge in [0.2, 0.25) is 0 Å². The van der Waals surface area contributed by atoms with Crippen LogP contribution < -0.4 is 0 Å². The quantitative estimate of drug-likeness (QED) is 0.633. The molecule has 19 heavy (non-hydrogen) atoms. The molecule has 0 aromatic carbocycles. The molecule has 0 saturated carbocycles. The van der Waals surface area contributed by atoms with Crippen molar-refractivity contribution in [3.63, 3.8) is 0 Å². The number of Topliss-reactive ketones (excluding diaryl/α,β-unsaturated/α-hetero) is 1. The number of carbonyl (C=O) groups excluding carboxylic acids is 2. The molecule has 0 radical (unpaired) electrons. The third-order valence-electron chi connectivity index (χ3n) is 3.69. The van der Waals surface area contributed by atoms with E-state index in [9.17, 15) is 9.59 Å². The highest BCUT2D eigenvalue weighted by Gasteiger charge is 2.32. The summed E-state index contributed by atoms with van der Waals surface area (Å²) in [5.41, 5.74) is 2.07. The van der Waals surface area contributed by atoms with Gasteiger partial charge in [0.15, 0.2) is 0 Å². The molecule has 1 aliphatic carbocycles. The monoisotopic (exact) mass is 265 g/mol. The maximum atomic E-state index is 12.1. The highest BCUT2D eigenvalue weighted by Crippen LogP contribution is 2.33. The summed E-state index contributed by atoms with van der Waals surface area (Å²) < 4.78 is 5.41. The average Bonchev–Trinajstić information content (AvgIpc) is 2.25. The Morgan fingerprint density at radius 1 is 1.37 bits per heavy atom. The Hall–Kier alpha value is -1.32. The molecule has 0 saturated heterocycles. The minimum Gasteiger partial charge on any atom is -0.444 e. The SMILES string of the molecule is C[C@H]1CC(=O)CC2=C1CN(C(=O)OC(C)(C)C)CC2. The summed E-state index contributed by atoms with van der Waals surface area (Å²) in [5, 5.41) is 0. The standard InChI is InChI=1S/C15H23NO3/c1-10-7-12(17)8-11-5-6-16(9-13(10)11)14(18)19-15(2,3)4/h10H,5-9H2,1-4H3/t10-/m0/s1. The van der Waals surface area contributed by atoms with E-state index >= 15 is 0 Å². The van der Waals surface area contributed by atoms with Crippen LogP contribution in [0.25, 0.3) is 0 Å². The first-order chi connectivity index (χ1) is 8.76. The summed E-state index contributed by atoms with van der Waals surface area (Å²) in [6.45, 7) is 8.99. The van der Waals surface area contributed by atoms with Crippen molar-refractivity contribution < 1.29 is 14.3 Å². The van der Waals surface area contributed by atoms with Crippen LogP contribution in [-0.2, 0) is 9.53 Å². The fourth-order valence-electron chi connectivity index (χ4n) is 2.79. The average molecular weight is 265 g/mol. The number of carbonyl (C=O) groups is 2. The van der Waals surface area contributed by atoms with E-state index in [1.54, 1.807) is 4.90 Å². The maximum absolute atomic E-state index is 12.1. The second kappa shape index (κ2) is 4.99. The van der Waals surface area contributed by atoms with Crippen molar-refractivity contribution >= 4 is 11.9 Å². The van der Waals surface area contributed by atoms with E-state index in [-0.39, 0.29) is 12.0 Å². The molecule has 0 aromatic rings. The van der Waals surface area contributed by atoms with Gasteiger partial charge in [-0.3, -0.25) is 4.79 Å². The van der Waals surface area contributed by atoms with Crippen molar-refractivity contribution in [1.82, 2.24) is 4.90 Å². The first-order valence-electron chi connectivity index (χ1n) is 6.96. The van der Waals surface area contributed by atoms with E-state index < -0.39 is 5.60 Å². The molecule has 1 atom stereocenters. The largest absolute Gasteiger partial charge is 0.444 e. The van der Waals surface area contributed by atoms with Crippen LogP contribution in [-0.4, -0.2) is 35.5 Å². The number of nitrogens with zero attached hydrogens (tertiary/aromatic N) is 1. The summed E-state index contributed by atoms with van der Waals surface area (Å²) in [6, 6.07) is 0. The van der Waals surface area contributed by atoms with Gasteiger partial charge in [-0.1, -0.05) is 12.5 Å². The second-order valence-corrected chi connectivity index (χ2v) is 6.60. The first kappa shape index (κ1) is 14.1. The van der Waals surface area contributed by atoms with Gasteiger partial charge in [-0.2, -0.15) is 0 Å².